The summed E-state index contributed by atoms with van der Waals surface area (Å²) >= 11 is 0. The van der Waals surface area contributed by atoms with Crippen molar-refractivity contribution in [2.24, 2.45) is 0 Å². The van der Waals surface area contributed by atoms with Gasteiger partial charge in [0.15, 0.2) is 0 Å². The van der Waals surface area contributed by atoms with E-state index in [0.29, 0.717) is 40.7 Å². The maximum Gasteiger partial charge on any atom is 0.416 e. The second-order valence-corrected chi connectivity index (χ2v) is 8.54. The Morgan fingerprint density at radius 1 is 1.06 bits per heavy atom. The van der Waals surface area contributed by atoms with Gasteiger partial charge in [-0.15, -0.1) is 0 Å². The fourth-order valence-corrected chi connectivity index (χ4v) is 4.52. The van der Waals surface area contributed by atoms with Crippen molar-refractivity contribution in [1.82, 2.24) is 19.9 Å². The standard InChI is InChI=1S/C26H21F3N4O2/c1-15(22-7-2-3-12-30-22)32-24(34)16-13-21-19-5-4-6-20(19)25(35)33(23(21)31-14-16)18-10-8-17(9-11-18)26(27,28)29/h2-3,7-15H,4-6H2,1H3,(H,32,34)/t15-/m0/s1. The van der Waals surface area contributed by atoms with Crippen LogP contribution in [0.5, 0.6) is 0 Å². The van der Waals surface area contributed by atoms with Crippen LogP contribution in [0, 0.1) is 0 Å². The van der Waals surface area contributed by atoms with Crippen LogP contribution < -0.4 is 10.9 Å². The molecule has 3 heterocycles. The lowest BCUT2D eigenvalue weighted by Crippen LogP contribution is -2.28. The Morgan fingerprint density at radius 3 is 2.49 bits per heavy atom. The van der Waals surface area contributed by atoms with Gasteiger partial charge in [0.1, 0.15) is 5.65 Å². The van der Waals surface area contributed by atoms with E-state index in [1.807, 2.05) is 19.1 Å². The molecule has 35 heavy (non-hydrogen) atoms. The zero-order valence-electron chi connectivity index (χ0n) is 18.8. The molecule has 0 saturated heterocycles. The van der Waals surface area contributed by atoms with Crippen LogP contribution in [-0.4, -0.2) is 20.4 Å². The van der Waals surface area contributed by atoms with E-state index in [2.05, 4.69) is 15.3 Å². The Bertz CT molecular complexity index is 1480. The monoisotopic (exact) mass is 478 g/mol. The molecule has 1 N–H and O–H groups in total. The van der Waals surface area contributed by atoms with Gasteiger partial charge in [0.25, 0.3) is 11.5 Å². The van der Waals surface area contributed by atoms with Crippen LogP contribution in [-0.2, 0) is 19.0 Å². The minimum absolute atomic E-state index is 0.288. The van der Waals surface area contributed by atoms with E-state index in [4.69, 9.17) is 0 Å². The number of hydrogen-bond donors (Lipinski definition) is 1. The third kappa shape index (κ3) is 4.18. The van der Waals surface area contributed by atoms with Crippen LogP contribution in [0.15, 0.2) is 65.7 Å². The topological polar surface area (TPSA) is 76.9 Å². The molecule has 1 amide bonds. The summed E-state index contributed by atoms with van der Waals surface area (Å²) in [4.78, 5) is 35.0. The Balaban J connectivity index is 1.58. The Labute approximate surface area is 198 Å². The van der Waals surface area contributed by atoms with Crippen molar-refractivity contribution in [2.45, 2.75) is 38.4 Å². The fraction of sp³-hybridized carbons (Fsp3) is 0.231. The van der Waals surface area contributed by atoms with Gasteiger partial charge in [0.05, 0.1) is 28.6 Å². The predicted molar refractivity (Wildman–Crippen MR) is 124 cm³/mol. The van der Waals surface area contributed by atoms with Gasteiger partial charge in [0, 0.05) is 23.3 Å². The second kappa shape index (κ2) is 8.65. The van der Waals surface area contributed by atoms with Crippen molar-refractivity contribution >= 4 is 16.9 Å². The van der Waals surface area contributed by atoms with Gasteiger partial charge in [-0.3, -0.25) is 19.1 Å². The smallest absolute Gasteiger partial charge is 0.344 e. The molecule has 0 unspecified atom stereocenters. The van der Waals surface area contributed by atoms with Crippen LogP contribution in [0.1, 0.15) is 52.1 Å². The van der Waals surface area contributed by atoms with Gasteiger partial charge >= 0.3 is 6.18 Å². The molecule has 1 aromatic carbocycles. The molecule has 0 spiro atoms. The third-order valence-electron chi connectivity index (χ3n) is 6.28. The number of nitrogens with one attached hydrogen (secondary N) is 1. The highest BCUT2D eigenvalue weighted by Gasteiger charge is 2.30. The molecular formula is C26H21F3N4O2. The molecule has 0 bridgehead atoms. The van der Waals surface area contributed by atoms with E-state index >= 15 is 0 Å². The van der Waals surface area contributed by atoms with Crippen molar-refractivity contribution in [2.75, 3.05) is 0 Å². The van der Waals surface area contributed by atoms with E-state index in [9.17, 15) is 22.8 Å². The summed E-state index contributed by atoms with van der Waals surface area (Å²) in [5, 5.41) is 3.55. The zero-order chi connectivity index (χ0) is 24.7. The fourth-order valence-electron chi connectivity index (χ4n) is 4.52. The zero-order valence-corrected chi connectivity index (χ0v) is 18.8. The van der Waals surface area contributed by atoms with Crippen LogP contribution in [0.4, 0.5) is 13.2 Å². The molecule has 0 saturated carbocycles. The molecule has 6 nitrogen and oxygen atoms in total. The molecular weight excluding hydrogens is 457 g/mol. The number of hydrogen-bond acceptors (Lipinski definition) is 4. The number of amides is 1. The average molecular weight is 478 g/mol. The largest absolute Gasteiger partial charge is 0.416 e. The Morgan fingerprint density at radius 2 is 1.80 bits per heavy atom. The minimum atomic E-state index is -4.48. The first-order valence-electron chi connectivity index (χ1n) is 11.2. The summed E-state index contributed by atoms with van der Waals surface area (Å²) in [5.74, 6) is -0.336. The number of benzene rings is 1. The van der Waals surface area contributed by atoms with E-state index in [0.717, 1.165) is 24.1 Å². The molecule has 0 radical (unpaired) electrons. The first-order chi connectivity index (χ1) is 16.7. The molecule has 3 aromatic heterocycles. The number of halogens is 3. The maximum atomic E-state index is 13.3. The highest BCUT2D eigenvalue weighted by molar-refractivity contribution is 5.98. The lowest BCUT2D eigenvalue weighted by atomic mass is 10.0. The summed E-state index contributed by atoms with van der Waals surface area (Å²) < 4.78 is 40.4. The molecule has 178 valence electrons. The van der Waals surface area contributed by atoms with E-state index in [-0.39, 0.29) is 23.2 Å². The number of alkyl halides is 3. The van der Waals surface area contributed by atoms with Gasteiger partial charge in [-0.25, -0.2) is 4.98 Å². The Hall–Kier alpha value is -4.01. The number of carbonyl (C=O) groups is 1. The SMILES string of the molecule is C[C@H](NC(=O)c1cnc2c(c1)c1c(c(=O)n2-c2ccc(C(F)(F)F)cc2)CCC1)c1ccccn1. The van der Waals surface area contributed by atoms with Gasteiger partial charge in [-0.1, -0.05) is 6.07 Å². The van der Waals surface area contributed by atoms with Crippen LogP contribution >= 0.6 is 0 Å². The molecule has 0 fully saturated rings. The summed E-state index contributed by atoms with van der Waals surface area (Å²) in [6, 6.07) is 11.2. The Kier molecular flexibility index (Phi) is 5.62. The number of fused-ring (bicyclic) bond motifs is 3. The first kappa shape index (κ1) is 22.8. The predicted octanol–water partition coefficient (Wildman–Crippen LogP) is 4.78. The minimum Gasteiger partial charge on any atom is -0.344 e. The molecule has 9 heteroatoms. The van der Waals surface area contributed by atoms with Crippen LogP contribution in [0.3, 0.4) is 0 Å². The number of carbonyl (C=O) groups excluding carboxylic acids is 1. The van der Waals surface area contributed by atoms with Crippen molar-refractivity contribution in [1.29, 1.82) is 0 Å². The molecule has 5 rings (SSSR count). The molecule has 1 aliphatic carbocycles. The van der Waals surface area contributed by atoms with Crippen molar-refractivity contribution in [3.8, 4) is 5.69 Å². The second-order valence-electron chi connectivity index (χ2n) is 8.54. The normalized spacial score (nSPS) is 14.1. The van der Waals surface area contributed by atoms with Gasteiger partial charge in [-0.2, -0.15) is 13.2 Å². The first-order valence-corrected chi connectivity index (χ1v) is 11.2. The van der Waals surface area contributed by atoms with Gasteiger partial charge in [-0.05, 0) is 74.2 Å². The number of pyridine rings is 3. The maximum absolute atomic E-state index is 13.3. The highest BCUT2D eigenvalue weighted by atomic mass is 19.4. The van der Waals surface area contributed by atoms with E-state index < -0.39 is 11.7 Å². The lowest BCUT2D eigenvalue weighted by Gasteiger charge is -2.16. The van der Waals surface area contributed by atoms with Crippen LogP contribution in [0.2, 0.25) is 0 Å². The lowest BCUT2D eigenvalue weighted by molar-refractivity contribution is -0.137. The molecule has 0 aliphatic heterocycles. The number of aryl methyl sites for hydroxylation is 1. The number of aromatic nitrogens is 3. The summed E-state index contributed by atoms with van der Waals surface area (Å²) in [6.07, 6.45) is 0.577. The molecule has 1 atom stereocenters. The van der Waals surface area contributed by atoms with E-state index in [1.165, 1.54) is 22.9 Å². The summed E-state index contributed by atoms with van der Waals surface area (Å²) in [7, 11) is 0. The van der Waals surface area contributed by atoms with Gasteiger partial charge < -0.3 is 5.32 Å². The molecule has 4 aromatic rings. The summed E-state index contributed by atoms with van der Waals surface area (Å²) in [6.45, 7) is 1.83. The highest BCUT2D eigenvalue weighted by Crippen LogP contribution is 2.31. The van der Waals surface area contributed by atoms with Crippen molar-refractivity contribution < 1.29 is 18.0 Å². The summed E-state index contributed by atoms with van der Waals surface area (Å²) in [5.41, 5.74) is 2.00. The van der Waals surface area contributed by atoms with Gasteiger partial charge in [0.2, 0.25) is 0 Å². The van der Waals surface area contributed by atoms with E-state index in [1.54, 1.807) is 18.3 Å². The average Bonchev–Trinajstić information content (AvgIpc) is 3.35. The number of rotatable bonds is 4. The van der Waals surface area contributed by atoms with Crippen molar-refractivity contribution in [3.63, 3.8) is 0 Å². The van der Waals surface area contributed by atoms with Crippen molar-refractivity contribution in [3.05, 3.63) is 99.2 Å². The number of nitrogens with zero attached hydrogens (tertiary/aromatic N) is 3. The van der Waals surface area contributed by atoms with Crippen LogP contribution in [0.25, 0.3) is 16.7 Å². The third-order valence-corrected chi connectivity index (χ3v) is 6.28. The quantitative estimate of drug-likeness (QED) is 0.458. The molecule has 1 aliphatic rings.